The third-order valence-corrected chi connectivity index (χ3v) is 0.309. The molecule has 0 aromatic heterocycles. The second-order valence-corrected chi connectivity index (χ2v) is 0.715. The summed E-state index contributed by atoms with van der Waals surface area (Å²) in [6.07, 6.45) is 0. The maximum absolute atomic E-state index is 11.2. The first-order valence-corrected chi connectivity index (χ1v) is 1.41. The normalized spacial score (nSPS) is 6.00. The van der Waals surface area contributed by atoms with Crippen molar-refractivity contribution in [1.29, 1.82) is 0 Å². The van der Waals surface area contributed by atoms with Crippen LogP contribution in [0.2, 0.25) is 0 Å². The predicted molar refractivity (Wildman–Crippen MR) is 20.8 cm³/mol. The molecule has 0 spiro atoms. The van der Waals surface area contributed by atoms with Crippen molar-refractivity contribution in [3.63, 3.8) is 0 Å². The molecule has 0 unspecified atom stereocenters. The molecule has 0 atom stereocenters. The van der Waals surface area contributed by atoms with E-state index in [0.29, 0.717) is 0 Å². The molecule has 0 aromatic rings. The SMILES string of the molecule is C=C=C(F)CF.[H-].[Li+]. The quantitative estimate of drug-likeness (QED) is 0.283. The molecular weight excluding hydrogens is 93.0 g/mol. The van der Waals surface area contributed by atoms with Crippen molar-refractivity contribution in [2.24, 2.45) is 0 Å². The molecule has 0 bridgehead atoms. The van der Waals surface area contributed by atoms with Crippen molar-refractivity contribution in [1.82, 2.24) is 0 Å². The molecule has 0 saturated heterocycles. The third-order valence-electron chi connectivity index (χ3n) is 0.309. The number of hydrogen-bond acceptors (Lipinski definition) is 0. The fourth-order valence-electron chi connectivity index (χ4n) is 0.0472. The van der Waals surface area contributed by atoms with Crippen LogP contribution in [0.15, 0.2) is 18.1 Å². The van der Waals surface area contributed by atoms with Crippen molar-refractivity contribution in [3.05, 3.63) is 18.1 Å². The first-order valence-electron chi connectivity index (χ1n) is 1.41. The van der Waals surface area contributed by atoms with E-state index < -0.39 is 12.5 Å². The van der Waals surface area contributed by atoms with Crippen LogP contribution in [0.3, 0.4) is 0 Å². The fourth-order valence-corrected chi connectivity index (χ4v) is 0.0472. The molecule has 0 rings (SSSR count). The average molecular weight is 98.0 g/mol. The number of rotatable bonds is 1. The molecular formula is C4H5F2Li. The van der Waals surface area contributed by atoms with E-state index in [9.17, 15) is 8.78 Å². The Kier molecular flexibility index (Phi) is 8.59. The fraction of sp³-hybridized carbons (Fsp3) is 0.250. The number of allylic oxidation sites excluding steroid dienone is 1. The zero-order chi connectivity index (χ0) is 4.99. The monoisotopic (exact) mass is 98.1 g/mol. The molecule has 0 aliphatic rings. The smallest absolute Gasteiger partial charge is 1.00 e. The topological polar surface area (TPSA) is 0 Å². The largest absolute Gasteiger partial charge is 1.00 e. The van der Waals surface area contributed by atoms with Crippen LogP contribution in [0, 0.1) is 0 Å². The summed E-state index contributed by atoms with van der Waals surface area (Å²) in [5, 5.41) is 0. The number of alkyl halides is 1. The van der Waals surface area contributed by atoms with Crippen LogP contribution in [-0.4, -0.2) is 6.67 Å². The minimum absolute atomic E-state index is 0. The van der Waals surface area contributed by atoms with E-state index in [1.807, 2.05) is 0 Å². The van der Waals surface area contributed by atoms with Gasteiger partial charge in [0.2, 0.25) is 0 Å². The van der Waals surface area contributed by atoms with E-state index in [0.717, 1.165) is 0 Å². The molecule has 0 aromatic carbocycles. The van der Waals surface area contributed by atoms with E-state index in [2.05, 4.69) is 6.58 Å². The van der Waals surface area contributed by atoms with Crippen LogP contribution >= 0.6 is 0 Å². The third kappa shape index (κ3) is 5.98. The Balaban J connectivity index is -0.000000125. The maximum Gasteiger partial charge on any atom is 1.00 e. The van der Waals surface area contributed by atoms with Crippen molar-refractivity contribution >= 4 is 0 Å². The molecule has 0 heterocycles. The average Bonchev–Trinajstić information content (AvgIpc) is 1.65. The summed E-state index contributed by atoms with van der Waals surface area (Å²) in [4.78, 5) is 0. The van der Waals surface area contributed by atoms with Gasteiger partial charge in [0.15, 0.2) is 5.83 Å². The molecule has 36 valence electrons. The van der Waals surface area contributed by atoms with Gasteiger partial charge in [0.25, 0.3) is 0 Å². The molecule has 0 nitrogen and oxygen atoms in total. The number of hydrogen-bond donors (Lipinski definition) is 0. The molecule has 7 heavy (non-hydrogen) atoms. The van der Waals surface area contributed by atoms with Gasteiger partial charge in [-0.25, -0.2) is 4.39 Å². The van der Waals surface area contributed by atoms with Crippen molar-refractivity contribution in [2.75, 3.05) is 6.67 Å². The van der Waals surface area contributed by atoms with Gasteiger partial charge < -0.3 is 1.43 Å². The van der Waals surface area contributed by atoms with Gasteiger partial charge in [-0.05, 0) is 0 Å². The summed E-state index contributed by atoms with van der Waals surface area (Å²) in [7, 11) is 0. The van der Waals surface area contributed by atoms with Crippen LogP contribution in [0.4, 0.5) is 8.78 Å². The van der Waals surface area contributed by atoms with Crippen molar-refractivity contribution < 1.29 is 29.1 Å². The summed E-state index contributed by atoms with van der Waals surface area (Å²) in [5.41, 5.74) is 1.74. The second kappa shape index (κ2) is 5.98. The molecule has 0 saturated carbocycles. The van der Waals surface area contributed by atoms with E-state index in [-0.39, 0.29) is 20.3 Å². The van der Waals surface area contributed by atoms with Crippen LogP contribution in [0.5, 0.6) is 0 Å². The van der Waals surface area contributed by atoms with Gasteiger partial charge in [0.1, 0.15) is 6.67 Å². The molecule has 0 N–H and O–H groups in total. The first-order chi connectivity index (χ1) is 2.81. The molecule has 0 radical (unpaired) electrons. The molecule has 0 fully saturated rings. The van der Waals surface area contributed by atoms with Crippen LogP contribution in [0.1, 0.15) is 1.43 Å². The van der Waals surface area contributed by atoms with E-state index in [1.54, 1.807) is 5.73 Å². The Morgan fingerprint density at radius 2 is 2.29 bits per heavy atom. The van der Waals surface area contributed by atoms with E-state index >= 15 is 0 Å². The summed E-state index contributed by atoms with van der Waals surface area (Å²) >= 11 is 0. The molecule has 3 heteroatoms. The van der Waals surface area contributed by atoms with Gasteiger partial charge >= 0.3 is 18.9 Å². The standard InChI is InChI=1S/C4H4F2.Li.H/c1-2-4(6)3-5;;/h1,3H2;;/q;+1;-1. The Morgan fingerprint density at radius 3 is 2.29 bits per heavy atom. The van der Waals surface area contributed by atoms with E-state index in [1.165, 1.54) is 0 Å². The zero-order valence-electron chi connectivity index (χ0n) is 5.17. The maximum atomic E-state index is 11.2. The molecule has 0 amide bonds. The minimum Gasteiger partial charge on any atom is -1.00 e. The summed E-state index contributed by atoms with van der Waals surface area (Å²) in [6, 6.07) is 0. The van der Waals surface area contributed by atoms with Gasteiger partial charge in [0.05, 0.1) is 0 Å². The number of halogens is 2. The minimum atomic E-state index is -1.09. The Labute approximate surface area is 54.6 Å². The van der Waals surface area contributed by atoms with Crippen LogP contribution in [-0.2, 0) is 0 Å². The predicted octanol–water partition coefficient (Wildman–Crippen LogP) is -1.29. The Hall–Kier alpha value is -0.0226. The van der Waals surface area contributed by atoms with Gasteiger partial charge in [-0.2, -0.15) is 4.39 Å². The van der Waals surface area contributed by atoms with Gasteiger partial charge in [-0.15, -0.1) is 0 Å². The molecule has 0 aliphatic heterocycles. The second-order valence-electron chi connectivity index (χ2n) is 0.715. The van der Waals surface area contributed by atoms with Crippen LogP contribution < -0.4 is 18.9 Å². The zero-order valence-corrected chi connectivity index (χ0v) is 4.17. The van der Waals surface area contributed by atoms with E-state index in [4.69, 9.17) is 0 Å². The van der Waals surface area contributed by atoms with Crippen LogP contribution in [0.25, 0.3) is 0 Å². The van der Waals surface area contributed by atoms with Crippen molar-refractivity contribution in [3.8, 4) is 0 Å². The van der Waals surface area contributed by atoms with Gasteiger partial charge in [-0.3, -0.25) is 0 Å². The summed E-state index contributed by atoms with van der Waals surface area (Å²) in [5.74, 6) is -0.935. The summed E-state index contributed by atoms with van der Waals surface area (Å²) < 4.78 is 22.1. The first kappa shape index (κ1) is 10.1. The summed E-state index contributed by atoms with van der Waals surface area (Å²) in [6.45, 7) is 1.76. The Morgan fingerprint density at radius 1 is 1.86 bits per heavy atom. The van der Waals surface area contributed by atoms with Gasteiger partial charge in [-0.1, -0.05) is 12.3 Å². The van der Waals surface area contributed by atoms with Gasteiger partial charge in [0, 0.05) is 0 Å². The van der Waals surface area contributed by atoms with Crippen molar-refractivity contribution in [2.45, 2.75) is 0 Å². The Bertz CT molecular complexity index is 88.0. The molecule has 0 aliphatic carbocycles.